The van der Waals surface area contributed by atoms with E-state index in [-0.39, 0.29) is 11.4 Å². The number of sulfonamides is 1. The van der Waals surface area contributed by atoms with Crippen LogP contribution < -0.4 is 10.5 Å². The van der Waals surface area contributed by atoms with Gasteiger partial charge in [-0.3, -0.25) is 0 Å². The molecule has 0 atom stereocenters. The van der Waals surface area contributed by atoms with Crippen LogP contribution in [0, 0.1) is 6.92 Å². The Hall–Kier alpha value is -0.730. The summed E-state index contributed by atoms with van der Waals surface area (Å²) in [5, 5.41) is 3.84. The average molecular weight is 375 g/mol. The number of hydrogen-bond donors (Lipinski definition) is 2. The zero-order valence-electron chi connectivity index (χ0n) is 10.9. The lowest BCUT2D eigenvalue weighted by Crippen LogP contribution is -2.24. The maximum absolute atomic E-state index is 12.4. The monoisotopic (exact) mass is 374 g/mol. The Balaban J connectivity index is 2.31. The molecule has 0 saturated carbocycles. The van der Waals surface area contributed by atoms with Gasteiger partial charge in [0, 0.05) is 17.6 Å². The third kappa shape index (κ3) is 3.48. The molecular formula is C13H15BrN2O2S2. The maximum atomic E-state index is 12.4. The van der Waals surface area contributed by atoms with Crippen LogP contribution in [0.2, 0.25) is 0 Å². The molecule has 0 aliphatic rings. The molecular weight excluding hydrogens is 360 g/mol. The van der Waals surface area contributed by atoms with Crippen molar-refractivity contribution in [3.63, 3.8) is 0 Å². The van der Waals surface area contributed by atoms with Gasteiger partial charge in [-0.05, 0) is 52.6 Å². The van der Waals surface area contributed by atoms with Crippen LogP contribution >= 0.6 is 27.3 Å². The van der Waals surface area contributed by atoms with E-state index in [4.69, 9.17) is 5.73 Å². The summed E-state index contributed by atoms with van der Waals surface area (Å²) in [6.45, 7) is 2.35. The summed E-state index contributed by atoms with van der Waals surface area (Å²) in [4.78, 5) is 0.266. The zero-order valence-corrected chi connectivity index (χ0v) is 14.1. The van der Waals surface area contributed by atoms with Crippen LogP contribution in [0.5, 0.6) is 0 Å². The van der Waals surface area contributed by atoms with E-state index in [0.717, 1.165) is 15.6 Å². The van der Waals surface area contributed by atoms with E-state index < -0.39 is 10.0 Å². The highest BCUT2D eigenvalue weighted by Crippen LogP contribution is 2.25. The van der Waals surface area contributed by atoms with E-state index in [9.17, 15) is 8.42 Å². The lowest BCUT2D eigenvalue weighted by Gasteiger charge is -2.12. The van der Waals surface area contributed by atoms with Crippen molar-refractivity contribution in [1.29, 1.82) is 0 Å². The molecule has 2 rings (SSSR count). The van der Waals surface area contributed by atoms with E-state index in [0.29, 0.717) is 12.1 Å². The van der Waals surface area contributed by atoms with E-state index in [1.165, 1.54) is 11.3 Å². The van der Waals surface area contributed by atoms with Crippen molar-refractivity contribution in [1.82, 2.24) is 4.72 Å². The molecule has 0 radical (unpaired) electrons. The lowest BCUT2D eigenvalue weighted by atomic mass is 10.1. The van der Waals surface area contributed by atoms with Crippen LogP contribution in [-0.4, -0.2) is 8.42 Å². The topological polar surface area (TPSA) is 72.2 Å². The van der Waals surface area contributed by atoms with Gasteiger partial charge in [-0.15, -0.1) is 0 Å². The van der Waals surface area contributed by atoms with E-state index in [1.54, 1.807) is 13.0 Å². The van der Waals surface area contributed by atoms with Crippen molar-refractivity contribution >= 4 is 37.3 Å². The van der Waals surface area contributed by atoms with Gasteiger partial charge < -0.3 is 5.73 Å². The second-order valence-electron chi connectivity index (χ2n) is 4.36. The average Bonchev–Trinajstić information content (AvgIpc) is 2.92. The normalized spacial score (nSPS) is 11.8. The molecule has 7 heteroatoms. The van der Waals surface area contributed by atoms with Gasteiger partial charge in [-0.2, -0.15) is 11.3 Å². The predicted octanol–water partition coefficient (Wildman–Crippen LogP) is 2.76. The molecule has 1 aromatic carbocycles. The van der Waals surface area contributed by atoms with Crippen molar-refractivity contribution in [2.24, 2.45) is 5.73 Å². The van der Waals surface area contributed by atoms with Crippen LogP contribution in [0.25, 0.3) is 0 Å². The molecule has 0 aliphatic heterocycles. The molecule has 20 heavy (non-hydrogen) atoms. The molecule has 1 aromatic heterocycles. The highest BCUT2D eigenvalue weighted by atomic mass is 79.9. The minimum absolute atomic E-state index is 0.266. The fourth-order valence-electron chi connectivity index (χ4n) is 1.75. The minimum Gasteiger partial charge on any atom is -0.326 e. The Bertz CT molecular complexity index is 697. The van der Waals surface area contributed by atoms with Gasteiger partial charge in [0.1, 0.15) is 0 Å². The molecule has 0 saturated heterocycles. The first-order chi connectivity index (χ1) is 9.44. The van der Waals surface area contributed by atoms with E-state index in [2.05, 4.69) is 20.7 Å². The van der Waals surface area contributed by atoms with Gasteiger partial charge >= 0.3 is 0 Å². The summed E-state index contributed by atoms with van der Waals surface area (Å²) in [6.07, 6.45) is 0. The minimum atomic E-state index is -3.55. The van der Waals surface area contributed by atoms with Gasteiger partial charge in [0.2, 0.25) is 10.0 Å². The van der Waals surface area contributed by atoms with E-state index >= 15 is 0 Å². The zero-order chi connectivity index (χ0) is 14.8. The van der Waals surface area contributed by atoms with Gasteiger partial charge in [-0.25, -0.2) is 13.1 Å². The molecule has 0 amide bonds. The number of nitrogens with two attached hydrogens (primary N) is 1. The summed E-state index contributed by atoms with van der Waals surface area (Å²) < 4.78 is 28.2. The SMILES string of the molecule is Cc1c(Br)cc(CN)cc1S(=O)(=O)NCc1ccsc1. The highest BCUT2D eigenvalue weighted by molar-refractivity contribution is 9.10. The molecule has 108 valence electrons. The first-order valence-electron chi connectivity index (χ1n) is 5.94. The van der Waals surface area contributed by atoms with Gasteiger partial charge in [0.25, 0.3) is 0 Å². The molecule has 1 heterocycles. The van der Waals surface area contributed by atoms with Gasteiger partial charge in [-0.1, -0.05) is 15.9 Å². The summed E-state index contributed by atoms with van der Waals surface area (Å²) in [5.41, 5.74) is 8.00. The van der Waals surface area contributed by atoms with E-state index in [1.807, 2.05) is 22.9 Å². The molecule has 0 spiro atoms. The number of benzene rings is 1. The maximum Gasteiger partial charge on any atom is 0.241 e. The summed E-state index contributed by atoms with van der Waals surface area (Å²) >= 11 is 4.91. The fraction of sp³-hybridized carbons (Fsp3) is 0.231. The number of rotatable bonds is 5. The van der Waals surface area contributed by atoms with Crippen molar-refractivity contribution < 1.29 is 8.42 Å². The van der Waals surface area contributed by atoms with Crippen molar-refractivity contribution in [3.8, 4) is 0 Å². The molecule has 3 N–H and O–H groups in total. The summed E-state index contributed by atoms with van der Waals surface area (Å²) in [5.74, 6) is 0. The molecule has 2 aromatic rings. The Kier molecular flexibility index (Phi) is 4.98. The first kappa shape index (κ1) is 15.7. The van der Waals surface area contributed by atoms with Crippen molar-refractivity contribution in [3.05, 3.63) is 50.1 Å². The summed E-state index contributed by atoms with van der Waals surface area (Å²) in [7, 11) is -3.55. The molecule has 0 bridgehead atoms. The predicted molar refractivity (Wildman–Crippen MR) is 85.1 cm³/mol. The van der Waals surface area contributed by atoms with Crippen molar-refractivity contribution in [2.45, 2.75) is 24.9 Å². The third-order valence-corrected chi connectivity index (χ3v) is 6.01. The quantitative estimate of drug-likeness (QED) is 0.844. The Morgan fingerprint density at radius 3 is 2.70 bits per heavy atom. The molecule has 0 unspecified atom stereocenters. The Labute approximate surface area is 131 Å². The van der Waals surface area contributed by atoms with Crippen LogP contribution in [-0.2, 0) is 23.1 Å². The largest absolute Gasteiger partial charge is 0.326 e. The summed E-state index contributed by atoms with van der Waals surface area (Å²) in [6, 6.07) is 5.36. The Morgan fingerprint density at radius 1 is 1.35 bits per heavy atom. The van der Waals surface area contributed by atoms with Crippen LogP contribution in [0.4, 0.5) is 0 Å². The van der Waals surface area contributed by atoms with Crippen LogP contribution in [0.3, 0.4) is 0 Å². The first-order valence-corrected chi connectivity index (χ1v) is 9.16. The standard InChI is InChI=1S/C13H15BrN2O2S2/c1-9-12(14)4-11(6-15)5-13(9)20(17,18)16-7-10-2-3-19-8-10/h2-5,8,16H,6-7,15H2,1H3. The fourth-order valence-corrected chi connectivity index (χ4v) is 4.39. The number of halogens is 1. The number of nitrogens with one attached hydrogen (secondary N) is 1. The second kappa shape index (κ2) is 6.36. The molecule has 0 aliphatic carbocycles. The highest BCUT2D eigenvalue weighted by Gasteiger charge is 2.19. The Morgan fingerprint density at radius 2 is 2.10 bits per heavy atom. The number of thiophene rings is 1. The van der Waals surface area contributed by atoms with Crippen LogP contribution in [0.15, 0.2) is 38.3 Å². The van der Waals surface area contributed by atoms with Gasteiger partial charge in [0.05, 0.1) is 4.90 Å². The van der Waals surface area contributed by atoms with Crippen molar-refractivity contribution in [2.75, 3.05) is 0 Å². The smallest absolute Gasteiger partial charge is 0.241 e. The molecule has 0 fully saturated rings. The second-order valence-corrected chi connectivity index (χ2v) is 7.73. The van der Waals surface area contributed by atoms with Crippen LogP contribution in [0.1, 0.15) is 16.7 Å². The third-order valence-electron chi connectivity index (χ3n) is 2.93. The lowest BCUT2D eigenvalue weighted by molar-refractivity contribution is 0.580. The molecule has 4 nitrogen and oxygen atoms in total. The number of hydrogen-bond acceptors (Lipinski definition) is 4. The van der Waals surface area contributed by atoms with Gasteiger partial charge in [0.15, 0.2) is 0 Å².